The maximum atomic E-state index is 13.8. The third-order valence-electron chi connectivity index (χ3n) is 9.61. The van der Waals surface area contributed by atoms with Gasteiger partial charge in [-0.3, -0.25) is 19.2 Å². The van der Waals surface area contributed by atoms with Crippen molar-refractivity contribution in [1.29, 1.82) is 0 Å². The van der Waals surface area contributed by atoms with E-state index in [1.54, 1.807) is 66.0 Å². The molecule has 0 saturated carbocycles. The van der Waals surface area contributed by atoms with Crippen LogP contribution in [0, 0.1) is 0 Å². The van der Waals surface area contributed by atoms with Crippen molar-refractivity contribution in [1.82, 2.24) is 9.80 Å². The van der Waals surface area contributed by atoms with E-state index < -0.39 is 0 Å². The predicted molar refractivity (Wildman–Crippen MR) is 205 cm³/mol. The van der Waals surface area contributed by atoms with Gasteiger partial charge in [-0.05, 0) is 72.0 Å². The molecular formula is C43H50N4O5. The molecule has 0 N–H and O–H groups in total. The van der Waals surface area contributed by atoms with E-state index in [1.807, 2.05) is 78.9 Å². The number of amides is 4. The number of nitrogens with zero attached hydrogens (tertiary/aromatic N) is 4. The summed E-state index contributed by atoms with van der Waals surface area (Å²) < 4.78 is 6.13. The summed E-state index contributed by atoms with van der Waals surface area (Å²) in [5.41, 5.74) is 5.07. The minimum Gasteiger partial charge on any atom is -0.489 e. The van der Waals surface area contributed by atoms with Crippen molar-refractivity contribution in [2.24, 2.45) is 0 Å². The molecule has 4 heterocycles. The van der Waals surface area contributed by atoms with Crippen LogP contribution in [0.5, 0.6) is 5.75 Å². The molecule has 9 nitrogen and oxygen atoms in total. The van der Waals surface area contributed by atoms with Crippen LogP contribution in [0.3, 0.4) is 0 Å². The lowest BCUT2D eigenvalue weighted by molar-refractivity contribution is -0.119. The van der Waals surface area contributed by atoms with E-state index in [-0.39, 0.29) is 30.2 Å². The number of rotatable bonds is 3. The van der Waals surface area contributed by atoms with Crippen molar-refractivity contribution in [2.45, 2.75) is 71.1 Å². The summed E-state index contributed by atoms with van der Waals surface area (Å²) in [4.78, 5) is 60.1. The molecule has 0 aliphatic carbocycles. The Labute approximate surface area is 307 Å². The molecule has 4 aliphatic heterocycles. The number of hydrogen-bond acceptors (Lipinski definition) is 5. The zero-order valence-electron chi connectivity index (χ0n) is 30.8. The first-order chi connectivity index (χ1) is 25.1. The quantitative estimate of drug-likeness (QED) is 0.217. The van der Waals surface area contributed by atoms with Crippen molar-refractivity contribution in [3.63, 3.8) is 0 Å². The molecule has 0 fully saturated rings. The number of benzene rings is 4. The molecule has 4 aliphatic rings. The smallest absolute Gasteiger partial charge is 0.254 e. The summed E-state index contributed by atoms with van der Waals surface area (Å²) in [5, 5.41) is 0. The Kier molecular flexibility index (Phi) is 13.2. The maximum Gasteiger partial charge on any atom is 0.254 e. The van der Waals surface area contributed by atoms with Gasteiger partial charge in [0.1, 0.15) is 12.4 Å². The van der Waals surface area contributed by atoms with Crippen LogP contribution in [0.1, 0.15) is 88.8 Å². The van der Waals surface area contributed by atoms with E-state index in [4.69, 9.17) is 4.74 Å². The third kappa shape index (κ3) is 10.3. The van der Waals surface area contributed by atoms with E-state index in [0.717, 1.165) is 66.6 Å². The van der Waals surface area contributed by atoms with Gasteiger partial charge in [0.25, 0.3) is 11.8 Å². The first kappa shape index (κ1) is 37.8. The molecule has 4 aromatic rings. The van der Waals surface area contributed by atoms with Gasteiger partial charge < -0.3 is 24.3 Å². The molecule has 0 spiro atoms. The number of anilines is 2. The Morgan fingerprint density at radius 2 is 0.942 bits per heavy atom. The van der Waals surface area contributed by atoms with Gasteiger partial charge in [0, 0.05) is 76.6 Å². The summed E-state index contributed by atoms with van der Waals surface area (Å²) >= 11 is 0. The molecule has 52 heavy (non-hydrogen) atoms. The minimum atomic E-state index is -0.253. The highest BCUT2D eigenvalue weighted by atomic mass is 16.5. The van der Waals surface area contributed by atoms with Crippen LogP contribution in [-0.4, -0.2) is 61.6 Å². The zero-order valence-corrected chi connectivity index (χ0v) is 30.8. The van der Waals surface area contributed by atoms with E-state index in [2.05, 4.69) is 0 Å². The van der Waals surface area contributed by atoms with Gasteiger partial charge in [0.05, 0.1) is 0 Å². The molecule has 0 unspecified atom stereocenters. The van der Waals surface area contributed by atoms with Gasteiger partial charge >= 0.3 is 0 Å². The SMILES string of the molecule is CN1Cc2ccc(cc2)N(C)C(=O)CCCCCCCCC(=O)N(C)c2ccc(cc2)CN(C)C(=O)c2cc(OCc3ccccc3)cc(c2)C1=O. The van der Waals surface area contributed by atoms with Crippen LogP contribution in [0.4, 0.5) is 11.4 Å². The Morgan fingerprint density at radius 1 is 0.519 bits per heavy atom. The molecule has 0 radical (unpaired) electrons. The number of hydrogen-bond donors (Lipinski definition) is 0. The summed E-state index contributed by atoms with van der Waals surface area (Å²) in [6, 6.07) is 30.0. The second-order valence-corrected chi connectivity index (χ2v) is 13.7. The highest BCUT2D eigenvalue weighted by molar-refractivity contribution is 6.00. The van der Waals surface area contributed by atoms with Crippen LogP contribution in [0.25, 0.3) is 0 Å². The van der Waals surface area contributed by atoms with Crippen molar-refractivity contribution in [3.05, 3.63) is 125 Å². The Hall–Kier alpha value is -5.44. The zero-order chi connectivity index (χ0) is 37.0. The first-order valence-electron chi connectivity index (χ1n) is 18.1. The van der Waals surface area contributed by atoms with Crippen LogP contribution in [0.15, 0.2) is 97.1 Å². The van der Waals surface area contributed by atoms with E-state index in [0.29, 0.717) is 42.8 Å². The van der Waals surface area contributed by atoms with Gasteiger partial charge in [-0.1, -0.05) is 80.3 Å². The first-order valence-corrected chi connectivity index (χ1v) is 18.1. The summed E-state index contributed by atoms with van der Waals surface area (Å²) in [6.45, 7) is 0.960. The van der Waals surface area contributed by atoms with Crippen molar-refractivity contribution < 1.29 is 23.9 Å². The predicted octanol–water partition coefficient (Wildman–Crippen LogP) is 7.87. The van der Waals surface area contributed by atoms with Gasteiger partial charge in [-0.2, -0.15) is 0 Å². The van der Waals surface area contributed by atoms with Crippen molar-refractivity contribution in [3.8, 4) is 5.75 Å². The Bertz CT molecular complexity index is 1720. The lowest BCUT2D eigenvalue weighted by Crippen LogP contribution is -2.29. The van der Waals surface area contributed by atoms with Gasteiger partial charge in [-0.25, -0.2) is 0 Å². The van der Waals surface area contributed by atoms with E-state index >= 15 is 0 Å². The topological polar surface area (TPSA) is 90.5 Å². The van der Waals surface area contributed by atoms with Gasteiger partial charge in [0.2, 0.25) is 11.8 Å². The maximum absolute atomic E-state index is 13.8. The molecular weight excluding hydrogens is 652 g/mol. The standard InChI is InChI=1S/C43H50N4O5/c1-44-29-32-18-22-37(23-19-32)46(3)40(48)16-12-7-5-6-8-13-17-41(49)47(4)38-24-20-33(21-25-38)30-45(2)43(51)36-26-35(42(44)50)27-39(28-36)52-31-34-14-10-9-11-15-34/h9-11,14-15,18-28H,5-8,12-13,16-17,29-31H2,1-4H3. The summed E-state index contributed by atoms with van der Waals surface area (Å²) in [6.07, 6.45) is 6.63. The van der Waals surface area contributed by atoms with E-state index in [1.165, 1.54) is 0 Å². The van der Waals surface area contributed by atoms with Crippen LogP contribution < -0.4 is 14.5 Å². The van der Waals surface area contributed by atoms with Crippen LogP contribution >= 0.6 is 0 Å². The Balaban J connectivity index is 1.40. The molecule has 4 amide bonds. The third-order valence-corrected chi connectivity index (χ3v) is 9.61. The lowest BCUT2D eigenvalue weighted by Gasteiger charge is -2.22. The molecule has 9 heteroatoms. The molecule has 8 rings (SSSR count). The average Bonchev–Trinajstić information content (AvgIpc) is 3.17. The second-order valence-electron chi connectivity index (χ2n) is 13.7. The molecule has 0 atom stereocenters. The number of carbonyl (C=O) groups is 4. The fourth-order valence-corrected chi connectivity index (χ4v) is 6.34. The summed E-state index contributed by atoms with van der Waals surface area (Å²) in [7, 11) is 7.04. The lowest BCUT2D eigenvalue weighted by atomic mass is 10.1. The molecule has 272 valence electrons. The molecule has 4 aromatic carbocycles. The van der Waals surface area contributed by atoms with Gasteiger partial charge in [-0.15, -0.1) is 0 Å². The summed E-state index contributed by atoms with van der Waals surface area (Å²) in [5.74, 6) is 0.0456. The molecule has 6 bridgehead atoms. The number of ether oxygens (including phenoxy) is 1. The fraction of sp³-hybridized carbons (Fsp3) is 0.349. The highest BCUT2D eigenvalue weighted by Gasteiger charge is 2.20. The minimum absolute atomic E-state index is 0.0658. The van der Waals surface area contributed by atoms with Gasteiger partial charge in [0.15, 0.2) is 0 Å². The van der Waals surface area contributed by atoms with Crippen molar-refractivity contribution in [2.75, 3.05) is 38.0 Å². The van der Waals surface area contributed by atoms with E-state index in [9.17, 15) is 19.2 Å². The fourth-order valence-electron chi connectivity index (χ4n) is 6.34. The highest BCUT2D eigenvalue weighted by Crippen LogP contribution is 2.24. The van der Waals surface area contributed by atoms with Crippen molar-refractivity contribution >= 4 is 35.0 Å². The Morgan fingerprint density at radius 3 is 1.38 bits per heavy atom. The monoisotopic (exact) mass is 702 g/mol. The average molecular weight is 703 g/mol. The molecule has 0 saturated heterocycles. The number of carbonyl (C=O) groups excluding carboxylic acids is 4. The van der Waals surface area contributed by atoms with Crippen LogP contribution in [-0.2, 0) is 29.3 Å². The second kappa shape index (κ2) is 18.2. The normalized spacial score (nSPS) is 16.2. The molecule has 0 aromatic heterocycles. The van der Waals surface area contributed by atoms with Crippen LogP contribution in [0.2, 0.25) is 0 Å². The largest absolute Gasteiger partial charge is 0.489 e.